The predicted molar refractivity (Wildman–Crippen MR) is 59.9 cm³/mol. The Bertz CT molecular complexity index is 344. The van der Waals surface area contributed by atoms with Crippen LogP contribution in [0.5, 0.6) is 0 Å². The molecule has 0 aromatic heterocycles. The van der Waals surface area contributed by atoms with Gasteiger partial charge in [0, 0.05) is 12.2 Å². The highest BCUT2D eigenvalue weighted by Crippen LogP contribution is 2.29. The van der Waals surface area contributed by atoms with Gasteiger partial charge >= 0.3 is 5.97 Å². The minimum Gasteiger partial charge on any atom is -0.481 e. The van der Waals surface area contributed by atoms with Gasteiger partial charge < -0.3 is 10.4 Å². The Balaban J connectivity index is 2.59. The largest absolute Gasteiger partial charge is 0.481 e. The summed E-state index contributed by atoms with van der Waals surface area (Å²) in [6.07, 6.45) is 0.0823. The zero-order chi connectivity index (χ0) is 10.6. The number of rotatable bonds is 4. The second kappa shape index (κ2) is 5.22. The number of anilines is 1. The molecule has 1 aromatic rings. The number of hydrogen-bond acceptors (Lipinski definition) is 2. The first-order valence-corrected chi connectivity index (χ1v) is 5.18. The van der Waals surface area contributed by atoms with E-state index in [2.05, 4.69) is 21.2 Å². The molecule has 3 nitrogen and oxygen atoms in total. The molecule has 76 valence electrons. The summed E-state index contributed by atoms with van der Waals surface area (Å²) in [7, 11) is 0. The molecule has 0 radical (unpaired) electrons. The molecule has 14 heavy (non-hydrogen) atoms. The number of carbonyl (C=O) groups is 1. The molecule has 0 amide bonds. The van der Waals surface area contributed by atoms with E-state index in [4.69, 9.17) is 16.7 Å². The molecule has 0 bridgehead atoms. The van der Waals surface area contributed by atoms with Gasteiger partial charge in [-0.15, -0.1) is 0 Å². The van der Waals surface area contributed by atoms with Gasteiger partial charge in [0.2, 0.25) is 0 Å². The van der Waals surface area contributed by atoms with E-state index in [9.17, 15) is 4.79 Å². The normalized spacial score (nSPS) is 9.86. The van der Waals surface area contributed by atoms with E-state index < -0.39 is 5.97 Å². The summed E-state index contributed by atoms with van der Waals surface area (Å²) < 4.78 is 0.757. The summed E-state index contributed by atoms with van der Waals surface area (Å²) in [5, 5.41) is 12.0. The third kappa shape index (κ3) is 3.20. The molecule has 0 fully saturated rings. The Morgan fingerprint density at radius 1 is 1.57 bits per heavy atom. The van der Waals surface area contributed by atoms with Crippen LogP contribution in [0, 0.1) is 0 Å². The van der Waals surface area contributed by atoms with Gasteiger partial charge in [-0.3, -0.25) is 4.79 Å². The number of nitrogens with one attached hydrogen (secondary N) is 1. The number of carboxylic acid groups (broad SMARTS) is 1. The molecule has 2 N–H and O–H groups in total. The monoisotopic (exact) mass is 277 g/mol. The van der Waals surface area contributed by atoms with Gasteiger partial charge in [-0.25, -0.2) is 0 Å². The predicted octanol–water partition coefficient (Wildman–Crippen LogP) is 2.99. The van der Waals surface area contributed by atoms with Crippen molar-refractivity contribution in [3.63, 3.8) is 0 Å². The van der Waals surface area contributed by atoms with E-state index in [-0.39, 0.29) is 6.42 Å². The maximum Gasteiger partial charge on any atom is 0.305 e. The SMILES string of the molecule is O=C(O)CCNc1cccc(Cl)c1Br. The van der Waals surface area contributed by atoms with Crippen LogP contribution in [-0.2, 0) is 4.79 Å². The minimum atomic E-state index is -0.823. The van der Waals surface area contributed by atoms with Crippen molar-refractivity contribution in [2.24, 2.45) is 0 Å². The van der Waals surface area contributed by atoms with Gasteiger partial charge in [-0.2, -0.15) is 0 Å². The van der Waals surface area contributed by atoms with Gasteiger partial charge in [-0.1, -0.05) is 17.7 Å². The van der Waals surface area contributed by atoms with E-state index in [1.807, 2.05) is 6.07 Å². The Morgan fingerprint density at radius 3 is 2.93 bits per heavy atom. The summed E-state index contributed by atoms with van der Waals surface area (Å²) in [5.41, 5.74) is 0.804. The van der Waals surface area contributed by atoms with Crippen molar-refractivity contribution >= 4 is 39.2 Å². The average Bonchev–Trinajstić information content (AvgIpc) is 2.12. The smallest absolute Gasteiger partial charge is 0.305 e. The van der Waals surface area contributed by atoms with Crippen molar-refractivity contribution in [2.75, 3.05) is 11.9 Å². The summed E-state index contributed by atoms with van der Waals surface area (Å²) >= 11 is 9.16. The summed E-state index contributed by atoms with van der Waals surface area (Å²) in [6.45, 7) is 0.383. The van der Waals surface area contributed by atoms with Crippen molar-refractivity contribution in [3.8, 4) is 0 Å². The first kappa shape index (κ1) is 11.3. The molecule has 0 unspecified atom stereocenters. The number of carboxylic acids is 1. The van der Waals surface area contributed by atoms with Crippen LogP contribution in [0.2, 0.25) is 5.02 Å². The van der Waals surface area contributed by atoms with E-state index in [0.717, 1.165) is 10.2 Å². The lowest BCUT2D eigenvalue weighted by Crippen LogP contribution is -2.07. The fourth-order valence-electron chi connectivity index (χ4n) is 0.944. The van der Waals surface area contributed by atoms with E-state index in [1.165, 1.54) is 0 Å². The van der Waals surface area contributed by atoms with E-state index in [1.54, 1.807) is 12.1 Å². The first-order chi connectivity index (χ1) is 6.61. The zero-order valence-corrected chi connectivity index (χ0v) is 9.60. The van der Waals surface area contributed by atoms with Gasteiger partial charge in [0.25, 0.3) is 0 Å². The third-order valence-corrected chi connectivity index (χ3v) is 3.00. The Morgan fingerprint density at radius 2 is 2.29 bits per heavy atom. The maximum atomic E-state index is 10.3. The van der Waals surface area contributed by atoms with E-state index >= 15 is 0 Å². The molecule has 5 heteroatoms. The number of halogens is 2. The van der Waals surface area contributed by atoms with Gasteiger partial charge in [0.05, 0.1) is 15.9 Å². The van der Waals surface area contributed by atoms with Crippen LogP contribution in [0.15, 0.2) is 22.7 Å². The van der Waals surface area contributed by atoms with Crippen molar-refractivity contribution in [2.45, 2.75) is 6.42 Å². The second-order valence-corrected chi connectivity index (χ2v) is 3.87. The molecule has 0 aliphatic rings. The molecule has 1 aromatic carbocycles. The quantitative estimate of drug-likeness (QED) is 0.890. The summed E-state index contributed by atoms with van der Waals surface area (Å²) in [4.78, 5) is 10.3. The number of hydrogen-bond donors (Lipinski definition) is 2. The lowest BCUT2D eigenvalue weighted by molar-refractivity contribution is -0.136. The maximum absolute atomic E-state index is 10.3. The van der Waals surface area contributed by atoms with E-state index in [0.29, 0.717) is 11.6 Å². The minimum absolute atomic E-state index is 0.0823. The lowest BCUT2D eigenvalue weighted by atomic mass is 10.3. The molecular weight excluding hydrogens is 269 g/mol. The molecule has 0 aliphatic heterocycles. The van der Waals surface area contributed by atoms with Crippen molar-refractivity contribution < 1.29 is 9.90 Å². The fourth-order valence-corrected chi connectivity index (χ4v) is 1.52. The Kier molecular flexibility index (Phi) is 4.22. The van der Waals surface area contributed by atoms with Crippen LogP contribution in [0.25, 0.3) is 0 Å². The Labute approximate surface area is 95.2 Å². The topological polar surface area (TPSA) is 49.3 Å². The standard InChI is InChI=1S/C9H9BrClNO2/c10-9-6(11)2-1-3-7(9)12-5-4-8(13)14/h1-3,12H,4-5H2,(H,13,14). The van der Waals surface area contributed by atoms with Crippen LogP contribution >= 0.6 is 27.5 Å². The average molecular weight is 279 g/mol. The van der Waals surface area contributed by atoms with Crippen LogP contribution in [-0.4, -0.2) is 17.6 Å². The van der Waals surface area contributed by atoms with Crippen LogP contribution in [0.4, 0.5) is 5.69 Å². The second-order valence-electron chi connectivity index (χ2n) is 2.67. The molecule has 0 atom stereocenters. The lowest BCUT2D eigenvalue weighted by Gasteiger charge is -2.07. The molecule has 0 saturated heterocycles. The van der Waals surface area contributed by atoms with Crippen LogP contribution < -0.4 is 5.32 Å². The van der Waals surface area contributed by atoms with Gasteiger partial charge in [0.1, 0.15) is 0 Å². The molecule has 0 aliphatic carbocycles. The highest BCUT2D eigenvalue weighted by atomic mass is 79.9. The summed E-state index contributed by atoms with van der Waals surface area (Å²) in [5.74, 6) is -0.823. The van der Waals surface area contributed by atoms with Crippen LogP contribution in [0.3, 0.4) is 0 Å². The first-order valence-electron chi connectivity index (χ1n) is 4.01. The van der Waals surface area contributed by atoms with Gasteiger partial charge in [0.15, 0.2) is 0 Å². The van der Waals surface area contributed by atoms with Crippen molar-refractivity contribution in [1.82, 2.24) is 0 Å². The molecule has 0 heterocycles. The Hall–Kier alpha value is -0.740. The fraction of sp³-hybridized carbons (Fsp3) is 0.222. The van der Waals surface area contributed by atoms with Crippen LogP contribution in [0.1, 0.15) is 6.42 Å². The van der Waals surface area contributed by atoms with Crippen molar-refractivity contribution in [1.29, 1.82) is 0 Å². The highest BCUT2D eigenvalue weighted by Gasteiger charge is 2.03. The molecule has 0 saturated carbocycles. The molecule has 1 rings (SSSR count). The number of aliphatic carboxylic acids is 1. The zero-order valence-electron chi connectivity index (χ0n) is 7.26. The van der Waals surface area contributed by atoms with Gasteiger partial charge in [-0.05, 0) is 28.1 Å². The highest BCUT2D eigenvalue weighted by molar-refractivity contribution is 9.10. The summed E-state index contributed by atoms with van der Waals surface area (Å²) in [6, 6.07) is 5.39. The van der Waals surface area contributed by atoms with Crippen molar-refractivity contribution in [3.05, 3.63) is 27.7 Å². The molecule has 0 spiro atoms. The third-order valence-electron chi connectivity index (χ3n) is 1.61. The number of benzene rings is 1. The molecular formula is C9H9BrClNO2.